The van der Waals surface area contributed by atoms with E-state index in [2.05, 4.69) is 0 Å². The molecule has 2 saturated heterocycles. The van der Waals surface area contributed by atoms with Crippen LogP contribution >= 0.6 is 11.8 Å². The Bertz CT molecular complexity index is 640. The molecule has 0 radical (unpaired) electrons. The summed E-state index contributed by atoms with van der Waals surface area (Å²) >= 11 is 1.06. The van der Waals surface area contributed by atoms with Crippen molar-refractivity contribution in [2.75, 3.05) is 26.0 Å². The standard InChI is InChI=1S/C17H20N2O4S/c1-23-14-4-2-3-12(9-14)10-15(20)18-7-5-13(6-8-18)19-16(21)11-24-17(19)22/h2-4,9,13H,5-8,10-11H2,1H3. The molecule has 2 aliphatic rings. The number of carbonyl (C=O) groups is 3. The monoisotopic (exact) mass is 348 g/mol. The molecule has 0 aromatic heterocycles. The highest BCUT2D eigenvalue weighted by atomic mass is 32.2. The van der Waals surface area contributed by atoms with E-state index in [4.69, 9.17) is 4.74 Å². The second-order valence-electron chi connectivity index (χ2n) is 5.96. The van der Waals surface area contributed by atoms with Gasteiger partial charge >= 0.3 is 0 Å². The number of piperidine rings is 1. The lowest BCUT2D eigenvalue weighted by Gasteiger charge is -2.35. The van der Waals surface area contributed by atoms with Crippen molar-refractivity contribution in [2.24, 2.45) is 0 Å². The van der Waals surface area contributed by atoms with E-state index in [9.17, 15) is 14.4 Å². The third kappa shape index (κ3) is 3.56. The van der Waals surface area contributed by atoms with Gasteiger partial charge in [-0.1, -0.05) is 23.9 Å². The van der Waals surface area contributed by atoms with Crippen molar-refractivity contribution < 1.29 is 19.1 Å². The predicted molar refractivity (Wildman–Crippen MR) is 91.0 cm³/mol. The van der Waals surface area contributed by atoms with Gasteiger partial charge in [0.05, 0.1) is 19.3 Å². The Hall–Kier alpha value is -2.02. The molecule has 0 bridgehead atoms. The van der Waals surface area contributed by atoms with Crippen molar-refractivity contribution >= 4 is 28.8 Å². The summed E-state index contributed by atoms with van der Waals surface area (Å²) in [6, 6.07) is 7.42. The second kappa shape index (κ2) is 7.25. The topological polar surface area (TPSA) is 66.9 Å². The molecule has 1 aromatic carbocycles. The fraction of sp³-hybridized carbons (Fsp3) is 0.471. The first-order valence-electron chi connectivity index (χ1n) is 7.98. The van der Waals surface area contributed by atoms with Gasteiger partial charge in [-0.25, -0.2) is 0 Å². The van der Waals surface area contributed by atoms with Crippen molar-refractivity contribution in [2.45, 2.75) is 25.3 Å². The average molecular weight is 348 g/mol. The van der Waals surface area contributed by atoms with Crippen LogP contribution in [-0.4, -0.2) is 58.8 Å². The van der Waals surface area contributed by atoms with Gasteiger partial charge in [-0.15, -0.1) is 0 Å². The predicted octanol–water partition coefficient (Wildman–Crippen LogP) is 1.92. The van der Waals surface area contributed by atoms with Gasteiger partial charge < -0.3 is 9.64 Å². The van der Waals surface area contributed by atoms with Crippen LogP contribution in [0.3, 0.4) is 0 Å². The van der Waals surface area contributed by atoms with E-state index in [1.165, 1.54) is 4.90 Å². The van der Waals surface area contributed by atoms with Crippen molar-refractivity contribution in [3.8, 4) is 5.75 Å². The summed E-state index contributed by atoms with van der Waals surface area (Å²) in [6.45, 7) is 1.16. The van der Waals surface area contributed by atoms with Gasteiger partial charge in [-0.2, -0.15) is 0 Å². The SMILES string of the molecule is COc1cccc(CC(=O)N2CCC(N3C(=O)CSC3=O)CC2)c1. The largest absolute Gasteiger partial charge is 0.497 e. The number of likely N-dealkylation sites (tertiary alicyclic amines) is 1. The minimum atomic E-state index is -0.152. The maximum Gasteiger partial charge on any atom is 0.289 e. The average Bonchev–Trinajstić information content (AvgIpc) is 2.94. The molecular formula is C17H20N2O4S. The number of ether oxygens (including phenoxy) is 1. The highest BCUT2D eigenvalue weighted by molar-refractivity contribution is 8.14. The first-order valence-corrected chi connectivity index (χ1v) is 8.96. The number of hydrogen-bond acceptors (Lipinski definition) is 5. The third-order valence-corrected chi connectivity index (χ3v) is 5.29. The van der Waals surface area contributed by atoms with Crippen molar-refractivity contribution in [3.05, 3.63) is 29.8 Å². The molecule has 1 aromatic rings. The minimum Gasteiger partial charge on any atom is -0.497 e. The fourth-order valence-electron chi connectivity index (χ4n) is 3.16. The van der Waals surface area contributed by atoms with Crippen LogP contribution in [0, 0.1) is 0 Å². The lowest BCUT2D eigenvalue weighted by molar-refractivity contribution is -0.132. The van der Waals surface area contributed by atoms with Crippen molar-refractivity contribution in [1.82, 2.24) is 9.80 Å². The number of benzene rings is 1. The molecule has 0 saturated carbocycles. The fourth-order valence-corrected chi connectivity index (χ4v) is 3.94. The maximum atomic E-state index is 12.5. The lowest BCUT2D eigenvalue weighted by atomic mass is 10.0. The van der Waals surface area contributed by atoms with Crippen LogP contribution in [0.15, 0.2) is 24.3 Å². The number of methoxy groups -OCH3 is 1. The van der Waals surface area contributed by atoms with Crippen LogP contribution in [0.5, 0.6) is 5.75 Å². The Labute approximate surface area is 145 Å². The lowest BCUT2D eigenvalue weighted by Crippen LogP contribution is -2.48. The second-order valence-corrected chi connectivity index (χ2v) is 6.89. The molecule has 0 unspecified atom stereocenters. The molecule has 6 nitrogen and oxygen atoms in total. The van der Waals surface area contributed by atoms with Crippen LogP contribution in [0.1, 0.15) is 18.4 Å². The van der Waals surface area contributed by atoms with E-state index in [1.807, 2.05) is 29.2 Å². The van der Waals surface area contributed by atoms with Gasteiger partial charge in [-0.05, 0) is 30.5 Å². The molecule has 2 heterocycles. The Morgan fingerprint density at radius 3 is 2.67 bits per heavy atom. The van der Waals surface area contributed by atoms with Crippen LogP contribution in [-0.2, 0) is 16.0 Å². The molecular weight excluding hydrogens is 328 g/mol. The van der Waals surface area contributed by atoms with E-state index < -0.39 is 0 Å². The molecule has 7 heteroatoms. The normalized spacial score (nSPS) is 19.0. The van der Waals surface area contributed by atoms with Gasteiger partial charge in [-0.3, -0.25) is 19.3 Å². The zero-order valence-corrected chi connectivity index (χ0v) is 14.4. The summed E-state index contributed by atoms with van der Waals surface area (Å²) in [4.78, 5) is 39.2. The zero-order valence-electron chi connectivity index (χ0n) is 13.6. The number of thioether (sulfide) groups is 1. The zero-order chi connectivity index (χ0) is 17.1. The van der Waals surface area contributed by atoms with Crippen molar-refractivity contribution in [1.29, 1.82) is 0 Å². The van der Waals surface area contributed by atoms with E-state index in [0.29, 0.717) is 32.4 Å². The highest BCUT2D eigenvalue weighted by Gasteiger charge is 2.37. The maximum absolute atomic E-state index is 12.5. The summed E-state index contributed by atoms with van der Waals surface area (Å²) in [6.07, 6.45) is 1.64. The minimum absolute atomic E-state index is 0.0650. The molecule has 0 N–H and O–H groups in total. The molecule has 0 spiro atoms. The number of nitrogens with zero attached hydrogens (tertiary/aromatic N) is 2. The molecule has 0 aliphatic carbocycles. The number of amides is 3. The van der Waals surface area contributed by atoms with E-state index in [0.717, 1.165) is 23.1 Å². The van der Waals surface area contributed by atoms with Gasteiger partial charge in [0.2, 0.25) is 11.8 Å². The highest BCUT2D eigenvalue weighted by Crippen LogP contribution is 2.27. The Morgan fingerprint density at radius 2 is 2.04 bits per heavy atom. The van der Waals surface area contributed by atoms with Crippen LogP contribution in [0.2, 0.25) is 0 Å². The van der Waals surface area contributed by atoms with Gasteiger partial charge in [0, 0.05) is 19.1 Å². The number of imide groups is 1. The molecule has 0 atom stereocenters. The smallest absolute Gasteiger partial charge is 0.289 e. The van der Waals surface area contributed by atoms with Crippen LogP contribution in [0.25, 0.3) is 0 Å². The number of carbonyl (C=O) groups excluding carboxylic acids is 3. The first-order chi connectivity index (χ1) is 11.6. The van der Waals surface area contributed by atoms with E-state index >= 15 is 0 Å². The molecule has 2 fully saturated rings. The molecule has 2 aliphatic heterocycles. The van der Waals surface area contributed by atoms with Crippen molar-refractivity contribution in [3.63, 3.8) is 0 Å². The third-order valence-electron chi connectivity index (χ3n) is 4.46. The van der Waals surface area contributed by atoms with Crippen LogP contribution in [0.4, 0.5) is 4.79 Å². The van der Waals surface area contributed by atoms with E-state index in [1.54, 1.807) is 7.11 Å². The summed E-state index contributed by atoms with van der Waals surface area (Å²) in [5, 5.41) is -0.152. The van der Waals surface area contributed by atoms with Gasteiger partial charge in [0.15, 0.2) is 0 Å². The van der Waals surface area contributed by atoms with Gasteiger partial charge in [0.1, 0.15) is 5.75 Å². The summed E-state index contributed by atoms with van der Waals surface area (Å²) in [5.74, 6) is 0.942. The number of rotatable bonds is 4. The Balaban J connectivity index is 1.55. The first kappa shape index (κ1) is 16.8. The molecule has 3 amide bonds. The summed E-state index contributed by atoms with van der Waals surface area (Å²) in [7, 11) is 1.60. The summed E-state index contributed by atoms with van der Waals surface area (Å²) in [5.41, 5.74) is 0.919. The number of hydrogen-bond donors (Lipinski definition) is 0. The quantitative estimate of drug-likeness (QED) is 0.832. The van der Waals surface area contributed by atoms with E-state index in [-0.39, 0.29) is 28.8 Å². The van der Waals surface area contributed by atoms with Gasteiger partial charge in [0.25, 0.3) is 5.24 Å². The Kier molecular flexibility index (Phi) is 5.08. The van der Waals surface area contributed by atoms with Crippen LogP contribution < -0.4 is 4.74 Å². The molecule has 24 heavy (non-hydrogen) atoms. The molecule has 3 rings (SSSR count). The summed E-state index contributed by atoms with van der Waals surface area (Å²) < 4.78 is 5.18. The molecule has 128 valence electrons. The Morgan fingerprint density at radius 1 is 1.29 bits per heavy atom.